The quantitative estimate of drug-likeness (QED) is 0.731. The standard InChI is InChI=1S/C23H29N5/c1-16(2)28-13-11-24-22(28)15-27-12-10-21-20(14-27)23(26-25-21)19-9-5-7-17-6-3-4-8-18(17)19/h3-9,11,13,16,20-21,23,25-26H,10,12,14-15H2,1-2H3. The van der Waals surface area contributed by atoms with Crippen molar-refractivity contribution in [2.45, 2.75) is 44.9 Å². The smallest absolute Gasteiger partial charge is 0.123 e. The van der Waals surface area contributed by atoms with Crippen molar-refractivity contribution in [2.24, 2.45) is 5.92 Å². The Kier molecular flexibility index (Phi) is 4.67. The summed E-state index contributed by atoms with van der Waals surface area (Å²) in [5.74, 6) is 1.73. The fourth-order valence-corrected chi connectivity index (χ4v) is 4.98. The number of rotatable bonds is 4. The molecule has 0 aliphatic carbocycles. The molecule has 5 rings (SSSR count). The maximum absolute atomic E-state index is 4.63. The van der Waals surface area contributed by atoms with Gasteiger partial charge in [0.1, 0.15) is 5.82 Å². The highest BCUT2D eigenvalue weighted by Crippen LogP contribution is 2.37. The molecule has 5 heteroatoms. The fourth-order valence-electron chi connectivity index (χ4n) is 4.98. The maximum Gasteiger partial charge on any atom is 0.123 e. The lowest BCUT2D eigenvalue weighted by Gasteiger charge is -2.36. The molecule has 2 N–H and O–H groups in total. The van der Waals surface area contributed by atoms with Crippen molar-refractivity contribution in [3.63, 3.8) is 0 Å². The highest BCUT2D eigenvalue weighted by Gasteiger charge is 2.41. The van der Waals surface area contributed by atoms with Crippen LogP contribution in [0.1, 0.15) is 43.7 Å². The van der Waals surface area contributed by atoms with Crippen molar-refractivity contribution in [1.29, 1.82) is 0 Å². The topological polar surface area (TPSA) is 45.1 Å². The van der Waals surface area contributed by atoms with E-state index in [4.69, 9.17) is 0 Å². The second-order valence-electron chi connectivity index (χ2n) is 8.47. The van der Waals surface area contributed by atoms with Crippen molar-refractivity contribution in [3.8, 4) is 0 Å². The van der Waals surface area contributed by atoms with Crippen LogP contribution in [0.4, 0.5) is 0 Å². The van der Waals surface area contributed by atoms with Crippen LogP contribution in [0.15, 0.2) is 54.9 Å². The number of aromatic nitrogens is 2. The van der Waals surface area contributed by atoms with Crippen LogP contribution < -0.4 is 10.9 Å². The zero-order chi connectivity index (χ0) is 19.1. The van der Waals surface area contributed by atoms with Gasteiger partial charge in [-0.3, -0.25) is 10.3 Å². The first kappa shape index (κ1) is 17.9. The summed E-state index contributed by atoms with van der Waals surface area (Å²) in [5, 5.41) is 2.68. The molecule has 3 heterocycles. The predicted molar refractivity (Wildman–Crippen MR) is 113 cm³/mol. The van der Waals surface area contributed by atoms with Gasteiger partial charge in [-0.1, -0.05) is 42.5 Å². The third-order valence-corrected chi connectivity index (χ3v) is 6.42. The number of fused-ring (bicyclic) bond motifs is 2. The molecule has 3 atom stereocenters. The van der Waals surface area contributed by atoms with E-state index in [9.17, 15) is 0 Å². The number of hydrogen-bond donors (Lipinski definition) is 2. The van der Waals surface area contributed by atoms with E-state index in [1.807, 2.05) is 6.20 Å². The van der Waals surface area contributed by atoms with Crippen LogP contribution in [-0.2, 0) is 6.54 Å². The SMILES string of the molecule is CC(C)n1ccnc1CN1CCC2NNC(c3cccc4ccccc34)C2C1. The van der Waals surface area contributed by atoms with Gasteiger partial charge >= 0.3 is 0 Å². The number of benzene rings is 2. The fraction of sp³-hybridized carbons (Fsp3) is 0.435. The molecule has 0 saturated carbocycles. The Balaban J connectivity index is 1.39. The van der Waals surface area contributed by atoms with Gasteiger partial charge in [-0.2, -0.15) is 0 Å². The zero-order valence-corrected chi connectivity index (χ0v) is 16.7. The van der Waals surface area contributed by atoms with E-state index < -0.39 is 0 Å². The van der Waals surface area contributed by atoms with E-state index in [2.05, 4.69) is 87.8 Å². The number of imidazole rings is 1. The van der Waals surface area contributed by atoms with E-state index in [0.717, 1.165) is 19.6 Å². The molecule has 2 aliphatic rings. The van der Waals surface area contributed by atoms with E-state index >= 15 is 0 Å². The van der Waals surface area contributed by atoms with Crippen LogP contribution in [-0.4, -0.2) is 33.6 Å². The number of likely N-dealkylation sites (tertiary alicyclic amines) is 1. The molecule has 2 saturated heterocycles. The minimum atomic E-state index is 0.337. The highest BCUT2D eigenvalue weighted by atomic mass is 15.4. The Bertz CT molecular complexity index is 957. The average Bonchev–Trinajstić information content (AvgIpc) is 3.34. The summed E-state index contributed by atoms with van der Waals surface area (Å²) >= 11 is 0. The number of hydrogen-bond acceptors (Lipinski definition) is 4. The van der Waals surface area contributed by atoms with E-state index in [0.29, 0.717) is 24.0 Å². The van der Waals surface area contributed by atoms with Crippen LogP contribution in [0, 0.1) is 5.92 Å². The van der Waals surface area contributed by atoms with Crippen LogP contribution in [0.25, 0.3) is 10.8 Å². The molecule has 0 bridgehead atoms. The molecule has 2 fully saturated rings. The van der Waals surface area contributed by atoms with Crippen LogP contribution in [0.2, 0.25) is 0 Å². The van der Waals surface area contributed by atoms with Gasteiger partial charge in [-0.15, -0.1) is 0 Å². The number of piperidine rings is 1. The van der Waals surface area contributed by atoms with Gasteiger partial charge < -0.3 is 4.57 Å². The van der Waals surface area contributed by atoms with E-state index in [-0.39, 0.29) is 0 Å². The van der Waals surface area contributed by atoms with Gasteiger partial charge in [0.15, 0.2) is 0 Å². The lowest BCUT2D eigenvalue weighted by Crippen LogP contribution is -2.45. The van der Waals surface area contributed by atoms with Gasteiger partial charge in [0.2, 0.25) is 0 Å². The summed E-state index contributed by atoms with van der Waals surface area (Å²) in [7, 11) is 0. The summed E-state index contributed by atoms with van der Waals surface area (Å²) in [6.45, 7) is 7.57. The average molecular weight is 376 g/mol. The predicted octanol–water partition coefficient (Wildman–Crippen LogP) is 3.66. The summed E-state index contributed by atoms with van der Waals surface area (Å²) in [4.78, 5) is 7.20. The maximum atomic E-state index is 4.63. The summed E-state index contributed by atoms with van der Waals surface area (Å²) in [6, 6.07) is 16.7. The molecule has 5 nitrogen and oxygen atoms in total. The van der Waals surface area contributed by atoms with Crippen molar-refractivity contribution in [3.05, 3.63) is 66.2 Å². The van der Waals surface area contributed by atoms with E-state index in [1.165, 1.54) is 28.6 Å². The first-order valence-corrected chi connectivity index (χ1v) is 10.4. The highest BCUT2D eigenvalue weighted by molar-refractivity contribution is 5.86. The minimum absolute atomic E-state index is 0.337. The molecule has 0 amide bonds. The second-order valence-corrected chi connectivity index (χ2v) is 8.47. The number of hydrazine groups is 1. The van der Waals surface area contributed by atoms with Gasteiger partial charge in [-0.25, -0.2) is 10.4 Å². The number of nitrogens with zero attached hydrogens (tertiary/aromatic N) is 3. The van der Waals surface area contributed by atoms with Gasteiger partial charge in [0, 0.05) is 43.5 Å². The lowest BCUT2D eigenvalue weighted by molar-refractivity contribution is 0.143. The summed E-state index contributed by atoms with van der Waals surface area (Å²) < 4.78 is 2.29. The molecule has 28 heavy (non-hydrogen) atoms. The van der Waals surface area contributed by atoms with Crippen LogP contribution >= 0.6 is 0 Å². The van der Waals surface area contributed by atoms with Crippen molar-refractivity contribution >= 4 is 10.8 Å². The molecule has 1 aromatic heterocycles. The molecule has 2 aromatic carbocycles. The Morgan fingerprint density at radius 2 is 1.96 bits per heavy atom. The second kappa shape index (κ2) is 7.32. The molecular formula is C23H29N5. The molecule has 3 unspecified atom stereocenters. The lowest BCUT2D eigenvalue weighted by atomic mass is 9.83. The normalized spacial score (nSPS) is 25.5. The Labute approximate surface area is 166 Å². The van der Waals surface area contributed by atoms with Gasteiger partial charge in [-0.05, 0) is 36.6 Å². The van der Waals surface area contributed by atoms with Gasteiger partial charge in [0.25, 0.3) is 0 Å². The van der Waals surface area contributed by atoms with E-state index in [1.54, 1.807) is 0 Å². The largest absolute Gasteiger partial charge is 0.331 e. The van der Waals surface area contributed by atoms with Crippen molar-refractivity contribution in [2.75, 3.05) is 13.1 Å². The summed E-state index contributed by atoms with van der Waals surface area (Å²) in [5.41, 5.74) is 8.61. The molecular weight excluding hydrogens is 346 g/mol. The molecule has 146 valence electrons. The van der Waals surface area contributed by atoms with Crippen molar-refractivity contribution in [1.82, 2.24) is 25.3 Å². The molecule has 0 radical (unpaired) electrons. The van der Waals surface area contributed by atoms with Crippen LogP contribution in [0.3, 0.4) is 0 Å². The third kappa shape index (κ3) is 3.13. The third-order valence-electron chi connectivity index (χ3n) is 6.42. The first-order valence-electron chi connectivity index (χ1n) is 10.4. The minimum Gasteiger partial charge on any atom is -0.331 e. The first-order chi connectivity index (χ1) is 13.7. The Morgan fingerprint density at radius 1 is 1.11 bits per heavy atom. The van der Waals surface area contributed by atoms with Crippen LogP contribution in [0.5, 0.6) is 0 Å². The molecule has 2 aliphatic heterocycles. The zero-order valence-electron chi connectivity index (χ0n) is 16.7. The molecule has 3 aromatic rings. The monoisotopic (exact) mass is 375 g/mol. The Morgan fingerprint density at radius 3 is 2.86 bits per heavy atom. The molecule has 0 spiro atoms. The summed E-state index contributed by atoms with van der Waals surface area (Å²) in [6.07, 6.45) is 5.20. The Hall–Kier alpha value is -2.21. The van der Waals surface area contributed by atoms with Crippen molar-refractivity contribution < 1.29 is 0 Å². The van der Waals surface area contributed by atoms with Gasteiger partial charge in [0.05, 0.1) is 12.6 Å². The number of nitrogens with one attached hydrogen (secondary N) is 2.